The number of carbonyl (C=O) groups excluding carboxylic acids is 2. The Kier molecular flexibility index (Phi) is 3.58. The Morgan fingerprint density at radius 3 is 2.68 bits per heavy atom. The summed E-state index contributed by atoms with van der Waals surface area (Å²) in [5.74, 6) is -0.278. The van der Waals surface area contributed by atoms with Crippen molar-refractivity contribution in [2.24, 2.45) is 0 Å². The van der Waals surface area contributed by atoms with Crippen LogP contribution >= 0.6 is 0 Å². The Labute approximate surface area is 145 Å². The molecule has 0 fully saturated rings. The van der Waals surface area contributed by atoms with Crippen molar-refractivity contribution in [2.75, 3.05) is 10.6 Å². The summed E-state index contributed by atoms with van der Waals surface area (Å²) in [6.45, 7) is 1.46. The quantitative estimate of drug-likeness (QED) is 0.689. The molecule has 3 aromatic rings. The number of rotatable bonds is 2. The number of hydrogen-bond donors (Lipinski definition) is 2. The largest absolute Gasteiger partial charge is 0.326 e. The van der Waals surface area contributed by atoms with E-state index >= 15 is 0 Å². The predicted octanol–water partition coefficient (Wildman–Crippen LogP) is 4.29. The van der Waals surface area contributed by atoms with E-state index in [-0.39, 0.29) is 11.8 Å². The molecule has 2 N–H and O–H groups in total. The molecule has 0 saturated heterocycles. The van der Waals surface area contributed by atoms with Crippen LogP contribution in [0.15, 0.2) is 60.7 Å². The zero-order valence-corrected chi connectivity index (χ0v) is 13.7. The minimum Gasteiger partial charge on any atom is -0.326 e. The van der Waals surface area contributed by atoms with Gasteiger partial charge in [-0.1, -0.05) is 42.5 Å². The van der Waals surface area contributed by atoms with Crippen molar-refractivity contribution in [3.8, 4) is 0 Å². The fourth-order valence-electron chi connectivity index (χ4n) is 3.14. The van der Waals surface area contributed by atoms with Gasteiger partial charge in [-0.3, -0.25) is 9.59 Å². The second-order valence-electron chi connectivity index (χ2n) is 6.02. The smallest absolute Gasteiger partial charge is 0.256 e. The normalized spacial score (nSPS) is 14.4. The maximum Gasteiger partial charge on any atom is 0.256 e. The van der Waals surface area contributed by atoms with E-state index in [9.17, 15) is 9.59 Å². The highest BCUT2D eigenvalue weighted by Gasteiger charge is 2.24. The monoisotopic (exact) mass is 328 g/mol. The Morgan fingerprint density at radius 2 is 1.84 bits per heavy atom. The van der Waals surface area contributed by atoms with E-state index in [0.717, 1.165) is 27.6 Å². The van der Waals surface area contributed by atoms with Crippen molar-refractivity contribution in [3.63, 3.8) is 0 Å². The summed E-state index contributed by atoms with van der Waals surface area (Å²) in [6.07, 6.45) is 1.90. The van der Waals surface area contributed by atoms with Gasteiger partial charge in [-0.15, -0.1) is 0 Å². The summed E-state index contributed by atoms with van der Waals surface area (Å²) in [5, 5.41) is 7.86. The van der Waals surface area contributed by atoms with Gasteiger partial charge in [0.1, 0.15) is 0 Å². The third-order valence-electron chi connectivity index (χ3n) is 4.25. The maximum absolute atomic E-state index is 12.4. The first-order valence-corrected chi connectivity index (χ1v) is 8.04. The molecular weight excluding hydrogens is 312 g/mol. The zero-order valence-electron chi connectivity index (χ0n) is 13.7. The van der Waals surface area contributed by atoms with Gasteiger partial charge in [0.15, 0.2) is 0 Å². The molecule has 0 radical (unpaired) electrons. The van der Waals surface area contributed by atoms with Crippen molar-refractivity contribution in [1.82, 2.24) is 0 Å². The Balaban J connectivity index is 1.85. The Morgan fingerprint density at radius 1 is 1.04 bits per heavy atom. The molecule has 0 saturated carbocycles. The highest BCUT2D eigenvalue weighted by atomic mass is 16.2. The van der Waals surface area contributed by atoms with Crippen LogP contribution in [-0.4, -0.2) is 11.8 Å². The molecule has 2 amide bonds. The van der Waals surface area contributed by atoms with Crippen LogP contribution in [0.1, 0.15) is 18.1 Å². The summed E-state index contributed by atoms with van der Waals surface area (Å²) < 4.78 is 0. The van der Waals surface area contributed by atoms with Crippen LogP contribution in [0.25, 0.3) is 22.4 Å². The van der Waals surface area contributed by atoms with Crippen LogP contribution < -0.4 is 10.6 Å². The van der Waals surface area contributed by atoms with Crippen LogP contribution in [0, 0.1) is 0 Å². The summed E-state index contributed by atoms with van der Waals surface area (Å²) in [4.78, 5) is 23.7. The van der Waals surface area contributed by atoms with Gasteiger partial charge in [-0.2, -0.15) is 0 Å². The number of amides is 2. The predicted molar refractivity (Wildman–Crippen MR) is 101 cm³/mol. The Bertz CT molecular complexity index is 1050. The average molecular weight is 328 g/mol. The standard InChI is InChI=1S/C21H16N2O2/c1-13(24)22-16-9-10-20-18(12-16)19(21(25)23-20)11-15-7-4-6-14-5-2-3-8-17(14)15/h2-12H,1H3,(H,22,24)(H,23,25)/b19-11+. The van der Waals surface area contributed by atoms with E-state index in [1.807, 2.05) is 48.5 Å². The van der Waals surface area contributed by atoms with Crippen molar-refractivity contribution in [2.45, 2.75) is 6.92 Å². The van der Waals surface area contributed by atoms with Gasteiger partial charge in [-0.25, -0.2) is 0 Å². The lowest BCUT2D eigenvalue weighted by atomic mass is 9.99. The molecule has 4 heteroatoms. The summed E-state index contributed by atoms with van der Waals surface area (Å²) in [7, 11) is 0. The van der Waals surface area contributed by atoms with Crippen molar-refractivity contribution < 1.29 is 9.59 Å². The zero-order chi connectivity index (χ0) is 17.4. The summed E-state index contributed by atoms with van der Waals surface area (Å²) >= 11 is 0. The molecule has 4 nitrogen and oxygen atoms in total. The van der Waals surface area contributed by atoms with Gasteiger partial charge >= 0.3 is 0 Å². The molecule has 0 atom stereocenters. The van der Waals surface area contributed by atoms with E-state index in [0.29, 0.717) is 11.3 Å². The van der Waals surface area contributed by atoms with Crippen molar-refractivity contribution in [3.05, 3.63) is 71.8 Å². The minimum absolute atomic E-state index is 0.136. The summed E-state index contributed by atoms with van der Waals surface area (Å²) in [6, 6.07) is 19.5. The number of benzene rings is 3. The number of anilines is 2. The van der Waals surface area contributed by atoms with E-state index in [2.05, 4.69) is 22.8 Å². The van der Waals surface area contributed by atoms with Crippen molar-refractivity contribution in [1.29, 1.82) is 0 Å². The van der Waals surface area contributed by atoms with Crippen LogP contribution in [0.2, 0.25) is 0 Å². The van der Waals surface area contributed by atoms with Gasteiger partial charge in [0, 0.05) is 29.4 Å². The molecule has 0 unspecified atom stereocenters. The summed E-state index contributed by atoms with van der Waals surface area (Å²) in [5.41, 5.74) is 3.81. The third-order valence-corrected chi connectivity index (χ3v) is 4.25. The van der Waals surface area contributed by atoms with Crippen LogP contribution in [0.5, 0.6) is 0 Å². The number of carbonyl (C=O) groups is 2. The number of hydrogen-bond acceptors (Lipinski definition) is 2. The second kappa shape index (κ2) is 5.91. The topological polar surface area (TPSA) is 58.2 Å². The number of fused-ring (bicyclic) bond motifs is 2. The molecule has 25 heavy (non-hydrogen) atoms. The van der Waals surface area contributed by atoms with E-state index in [4.69, 9.17) is 0 Å². The molecule has 122 valence electrons. The molecular formula is C21H16N2O2. The molecule has 4 rings (SSSR count). The Hall–Kier alpha value is -3.40. The number of nitrogens with one attached hydrogen (secondary N) is 2. The molecule has 0 aliphatic carbocycles. The second-order valence-corrected chi connectivity index (χ2v) is 6.02. The van der Waals surface area contributed by atoms with Gasteiger partial charge in [0.25, 0.3) is 5.91 Å². The molecule has 0 spiro atoms. The van der Waals surface area contributed by atoms with Crippen LogP contribution in [0.4, 0.5) is 11.4 Å². The van der Waals surface area contributed by atoms with Gasteiger partial charge in [-0.05, 0) is 40.6 Å². The first kappa shape index (κ1) is 15.1. The lowest BCUT2D eigenvalue weighted by molar-refractivity contribution is -0.114. The fourth-order valence-corrected chi connectivity index (χ4v) is 3.14. The minimum atomic E-state index is -0.142. The maximum atomic E-state index is 12.4. The average Bonchev–Trinajstić information content (AvgIpc) is 2.90. The van der Waals surface area contributed by atoms with Crippen LogP contribution in [-0.2, 0) is 9.59 Å². The molecule has 3 aromatic carbocycles. The highest BCUT2D eigenvalue weighted by molar-refractivity contribution is 6.35. The SMILES string of the molecule is CC(=O)Nc1ccc2c(c1)/C(=C\c1cccc3ccccc13)C(=O)N2. The first-order chi connectivity index (χ1) is 12.1. The third kappa shape index (κ3) is 2.78. The van der Waals surface area contributed by atoms with Gasteiger partial charge in [0.05, 0.1) is 0 Å². The lowest BCUT2D eigenvalue weighted by Crippen LogP contribution is -2.05. The lowest BCUT2D eigenvalue weighted by Gasteiger charge is -2.06. The highest BCUT2D eigenvalue weighted by Crippen LogP contribution is 2.36. The van der Waals surface area contributed by atoms with E-state index < -0.39 is 0 Å². The molecule has 0 bridgehead atoms. The molecule has 1 heterocycles. The van der Waals surface area contributed by atoms with Crippen LogP contribution in [0.3, 0.4) is 0 Å². The van der Waals surface area contributed by atoms with Crippen molar-refractivity contribution >= 4 is 45.6 Å². The fraction of sp³-hybridized carbons (Fsp3) is 0.0476. The van der Waals surface area contributed by atoms with Gasteiger partial charge in [0.2, 0.25) is 5.91 Å². The van der Waals surface area contributed by atoms with E-state index in [1.54, 1.807) is 6.07 Å². The molecule has 0 aromatic heterocycles. The molecule has 1 aliphatic rings. The van der Waals surface area contributed by atoms with E-state index in [1.165, 1.54) is 6.92 Å². The first-order valence-electron chi connectivity index (χ1n) is 8.04. The van der Waals surface area contributed by atoms with Gasteiger partial charge < -0.3 is 10.6 Å². The molecule has 1 aliphatic heterocycles.